The first-order chi connectivity index (χ1) is 13.8. The van der Waals surface area contributed by atoms with Gasteiger partial charge in [0.1, 0.15) is 6.61 Å². The fourth-order valence-corrected chi connectivity index (χ4v) is 3.71. The van der Waals surface area contributed by atoms with Gasteiger partial charge in [0, 0.05) is 31.5 Å². The Labute approximate surface area is 168 Å². The van der Waals surface area contributed by atoms with Crippen LogP contribution in [0.25, 0.3) is 0 Å². The quantitative estimate of drug-likeness (QED) is 0.700. The zero-order valence-electron chi connectivity index (χ0n) is 15.8. The molecule has 10 heteroatoms. The summed E-state index contributed by atoms with van der Waals surface area (Å²) in [6.07, 6.45) is 3.47. The molecule has 154 valence electrons. The summed E-state index contributed by atoms with van der Waals surface area (Å²) in [4.78, 5) is 27.3. The van der Waals surface area contributed by atoms with Crippen LogP contribution in [0.5, 0.6) is 5.88 Å². The fourth-order valence-electron chi connectivity index (χ4n) is 2.72. The highest BCUT2D eigenvalue weighted by molar-refractivity contribution is 7.90. The van der Waals surface area contributed by atoms with E-state index >= 15 is 0 Å². The van der Waals surface area contributed by atoms with Crippen LogP contribution in [0.2, 0.25) is 0 Å². The summed E-state index contributed by atoms with van der Waals surface area (Å²) in [6.45, 7) is 2.28. The first-order valence-electron chi connectivity index (χ1n) is 8.99. The lowest BCUT2D eigenvalue weighted by Crippen LogP contribution is -2.28. The van der Waals surface area contributed by atoms with Crippen molar-refractivity contribution in [1.82, 2.24) is 9.71 Å². The Morgan fingerprint density at radius 1 is 1.21 bits per heavy atom. The maximum Gasteiger partial charge on any atom is 0.264 e. The molecule has 1 aliphatic rings. The third-order valence-electron chi connectivity index (χ3n) is 4.14. The summed E-state index contributed by atoms with van der Waals surface area (Å²) in [5.41, 5.74) is 0.722. The number of nitrogens with one attached hydrogen (secondary N) is 2. The summed E-state index contributed by atoms with van der Waals surface area (Å²) >= 11 is 0. The van der Waals surface area contributed by atoms with E-state index in [1.807, 2.05) is 4.72 Å². The van der Waals surface area contributed by atoms with Gasteiger partial charge in [0.15, 0.2) is 0 Å². The lowest BCUT2D eigenvalue weighted by atomic mass is 10.2. The molecule has 0 aliphatic carbocycles. The van der Waals surface area contributed by atoms with E-state index in [0.717, 1.165) is 26.4 Å². The van der Waals surface area contributed by atoms with Crippen molar-refractivity contribution in [2.45, 2.75) is 30.8 Å². The van der Waals surface area contributed by atoms with E-state index < -0.39 is 21.8 Å². The van der Waals surface area contributed by atoms with E-state index in [1.165, 1.54) is 30.5 Å². The van der Waals surface area contributed by atoms with Crippen LogP contribution < -0.4 is 14.8 Å². The van der Waals surface area contributed by atoms with E-state index in [-0.39, 0.29) is 11.0 Å². The molecule has 1 aromatic carbocycles. The molecule has 2 heterocycles. The maximum absolute atomic E-state index is 12.3. The van der Waals surface area contributed by atoms with Crippen LogP contribution in [0, 0.1) is 0 Å². The minimum Gasteiger partial charge on any atom is -0.475 e. The topological polar surface area (TPSA) is 124 Å². The van der Waals surface area contributed by atoms with E-state index in [2.05, 4.69) is 10.3 Å². The standard InChI is InChI=1S/C19H21N3O6S/c1-13(23)22-29(25,26)17-7-5-15(6-8-17)21-19(24)14-4-9-18(20-11-14)28-12-16-3-2-10-27-16/h4-9,11,16H,2-3,10,12H2,1H3,(H,21,24)(H,22,23). The molecule has 1 aliphatic heterocycles. The second kappa shape index (κ2) is 9.01. The number of ether oxygens (including phenoxy) is 2. The average molecular weight is 419 g/mol. The van der Waals surface area contributed by atoms with E-state index in [1.54, 1.807) is 12.1 Å². The molecular weight excluding hydrogens is 398 g/mol. The summed E-state index contributed by atoms with van der Waals surface area (Å²) < 4.78 is 36.7. The van der Waals surface area contributed by atoms with Gasteiger partial charge >= 0.3 is 0 Å². The third-order valence-corrected chi connectivity index (χ3v) is 5.59. The van der Waals surface area contributed by atoms with Crippen molar-refractivity contribution < 1.29 is 27.5 Å². The van der Waals surface area contributed by atoms with Crippen molar-refractivity contribution >= 4 is 27.5 Å². The normalized spacial score (nSPS) is 16.2. The summed E-state index contributed by atoms with van der Waals surface area (Å²) in [5, 5.41) is 2.65. The number of pyridine rings is 1. The second-order valence-electron chi connectivity index (χ2n) is 6.47. The molecule has 1 aromatic heterocycles. The molecule has 1 fully saturated rings. The lowest BCUT2D eigenvalue weighted by molar-refractivity contribution is -0.117. The summed E-state index contributed by atoms with van der Waals surface area (Å²) in [6, 6.07) is 8.64. The van der Waals surface area contributed by atoms with Crippen LogP contribution in [0.3, 0.4) is 0 Å². The fraction of sp³-hybridized carbons (Fsp3) is 0.316. The van der Waals surface area contributed by atoms with Crippen molar-refractivity contribution in [2.24, 2.45) is 0 Å². The molecule has 0 bridgehead atoms. The lowest BCUT2D eigenvalue weighted by Gasteiger charge is -2.11. The van der Waals surface area contributed by atoms with Crippen molar-refractivity contribution in [3.63, 3.8) is 0 Å². The number of aromatic nitrogens is 1. The average Bonchev–Trinajstić information content (AvgIpc) is 3.20. The predicted octanol–water partition coefficient (Wildman–Crippen LogP) is 1.72. The molecule has 2 amide bonds. The Balaban J connectivity index is 1.57. The van der Waals surface area contributed by atoms with Gasteiger partial charge in [0.25, 0.3) is 15.9 Å². The molecule has 0 radical (unpaired) electrons. The molecule has 2 N–H and O–H groups in total. The Hall–Kier alpha value is -2.98. The van der Waals surface area contributed by atoms with Crippen molar-refractivity contribution in [2.75, 3.05) is 18.5 Å². The molecule has 0 spiro atoms. The molecule has 1 saturated heterocycles. The minimum absolute atomic E-state index is 0.0807. The van der Waals surface area contributed by atoms with Gasteiger partial charge in [0.2, 0.25) is 11.8 Å². The highest BCUT2D eigenvalue weighted by Crippen LogP contribution is 2.17. The van der Waals surface area contributed by atoms with Crippen LogP contribution in [0.4, 0.5) is 5.69 Å². The largest absolute Gasteiger partial charge is 0.475 e. The molecule has 0 saturated carbocycles. The van der Waals surface area contributed by atoms with Crippen LogP contribution >= 0.6 is 0 Å². The number of rotatable bonds is 7. The molecule has 1 unspecified atom stereocenters. The summed E-state index contributed by atoms with van der Waals surface area (Å²) in [5.74, 6) is -0.678. The van der Waals surface area contributed by atoms with Gasteiger partial charge in [-0.15, -0.1) is 0 Å². The molecule has 2 aromatic rings. The molecule has 9 nitrogen and oxygen atoms in total. The summed E-state index contributed by atoms with van der Waals surface area (Å²) in [7, 11) is -3.92. The van der Waals surface area contributed by atoms with Gasteiger partial charge < -0.3 is 14.8 Å². The maximum atomic E-state index is 12.3. The van der Waals surface area contributed by atoms with Crippen LogP contribution in [-0.4, -0.2) is 44.5 Å². The van der Waals surface area contributed by atoms with Crippen LogP contribution in [0.15, 0.2) is 47.5 Å². The van der Waals surface area contributed by atoms with Crippen molar-refractivity contribution in [1.29, 1.82) is 0 Å². The molecular formula is C19H21N3O6S. The van der Waals surface area contributed by atoms with Crippen molar-refractivity contribution in [3.8, 4) is 5.88 Å². The van der Waals surface area contributed by atoms with Gasteiger partial charge in [-0.05, 0) is 43.2 Å². The van der Waals surface area contributed by atoms with E-state index in [0.29, 0.717) is 23.7 Å². The smallest absolute Gasteiger partial charge is 0.264 e. The Morgan fingerprint density at radius 2 is 1.97 bits per heavy atom. The van der Waals surface area contributed by atoms with Gasteiger partial charge in [-0.1, -0.05) is 0 Å². The van der Waals surface area contributed by atoms with Crippen LogP contribution in [-0.2, 0) is 19.6 Å². The monoisotopic (exact) mass is 419 g/mol. The SMILES string of the molecule is CC(=O)NS(=O)(=O)c1ccc(NC(=O)c2ccc(OCC3CCCO3)nc2)cc1. The number of amides is 2. The number of sulfonamides is 1. The van der Waals surface area contributed by atoms with Gasteiger partial charge in [-0.25, -0.2) is 18.1 Å². The number of hydrogen-bond donors (Lipinski definition) is 2. The number of carbonyl (C=O) groups excluding carboxylic acids is 2. The minimum atomic E-state index is -3.92. The Kier molecular flexibility index (Phi) is 6.45. The number of benzene rings is 1. The van der Waals surface area contributed by atoms with Gasteiger partial charge in [-0.2, -0.15) is 0 Å². The third kappa shape index (κ3) is 5.75. The zero-order chi connectivity index (χ0) is 20.9. The molecule has 1 atom stereocenters. The zero-order valence-corrected chi connectivity index (χ0v) is 16.6. The van der Waals surface area contributed by atoms with E-state index in [9.17, 15) is 18.0 Å². The van der Waals surface area contributed by atoms with Crippen molar-refractivity contribution in [3.05, 3.63) is 48.2 Å². The number of carbonyl (C=O) groups is 2. The Morgan fingerprint density at radius 3 is 2.55 bits per heavy atom. The predicted molar refractivity (Wildman–Crippen MR) is 104 cm³/mol. The number of anilines is 1. The first-order valence-corrected chi connectivity index (χ1v) is 10.5. The number of hydrogen-bond acceptors (Lipinski definition) is 7. The highest BCUT2D eigenvalue weighted by atomic mass is 32.2. The molecule has 3 rings (SSSR count). The van der Waals surface area contributed by atoms with Gasteiger partial charge in [0.05, 0.1) is 16.6 Å². The highest BCUT2D eigenvalue weighted by Gasteiger charge is 2.17. The second-order valence-corrected chi connectivity index (χ2v) is 8.15. The van der Waals surface area contributed by atoms with Crippen LogP contribution in [0.1, 0.15) is 30.1 Å². The molecule has 29 heavy (non-hydrogen) atoms. The van der Waals surface area contributed by atoms with E-state index in [4.69, 9.17) is 9.47 Å². The van der Waals surface area contributed by atoms with Gasteiger partial charge in [-0.3, -0.25) is 9.59 Å². The Bertz CT molecular complexity index is 968. The number of nitrogens with zero attached hydrogens (tertiary/aromatic N) is 1. The first kappa shape index (κ1) is 20.7.